The van der Waals surface area contributed by atoms with E-state index in [9.17, 15) is 18.0 Å². The number of halogens is 1. The minimum absolute atomic E-state index is 0.0567. The molecule has 1 unspecified atom stereocenters. The number of nitrogens with one attached hydrogen (secondary N) is 1. The maximum Gasteiger partial charge on any atom is 0.313 e. The second-order valence-electron chi connectivity index (χ2n) is 4.91. The van der Waals surface area contributed by atoms with E-state index in [-0.39, 0.29) is 11.5 Å². The number of para-hydroxylation sites is 1. The molecular weight excluding hydrogens is 360 g/mol. The molecule has 0 spiro atoms. The number of hydrogen-bond donors (Lipinski definition) is 1. The minimum atomic E-state index is -3.10. The van der Waals surface area contributed by atoms with Gasteiger partial charge in [0.05, 0.1) is 17.2 Å². The van der Waals surface area contributed by atoms with Crippen molar-refractivity contribution in [3.05, 3.63) is 28.7 Å². The molecule has 114 valence electrons. The van der Waals surface area contributed by atoms with Gasteiger partial charge in [-0.3, -0.25) is 9.59 Å². The Morgan fingerprint density at radius 3 is 2.57 bits per heavy atom. The van der Waals surface area contributed by atoms with E-state index in [1.165, 1.54) is 11.9 Å². The van der Waals surface area contributed by atoms with Crippen molar-refractivity contribution in [2.45, 2.75) is 12.5 Å². The second kappa shape index (κ2) is 6.15. The summed E-state index contributed by atoms with van der Waals surface area (Å²) in [5.74, 6) is -1.56. The molecule has 1 aliphatic rings. The fourth-order valence-electron chi connectivity index (χ4n) is 2.15. The zero-order valence-corrected chi connectivity index (χ0v) is 13.8. The topological polar surface area (TPSA) is 83.6 Å². The quantitative estimate of drug-likeness (QED) is 0.783. The molecule has 0 radical (unpaired) electrons. The Morgan fingerprint density at radius 1 is 1.33 bits per heavy atom. The zero-order valence-electron chi connectivity index (χ0n) is 11.4. The van der Waals surface area contributed by atoms with Crippen LogP contribution >= 0.6 is 15.9 Å². The molecule has 1 saturated heterocycles. The number of nitrogens with zero attached hydrogens (tertiary/aromatic N) is 1. The van der Waals surface area contributed by atoms with Crippen molar-refractivity contribution in [2.24, 2.45) is 0 Å². The van der Waals surface area contributed by atoms with E-state index in [1.807, 2.05) is 0 Å². The zero-order chi connectivity index (χ0) is 15.6. The summed E-state index contributed by atoms with van der Waals surface area (Å²) < 4.78 is 23.5. The molecule has 21 heavy (non-hydrogen) atoms. The maximum atomic E-state index is 12.1. The first-order valence-electron chi connectivity index (χ1n) is 6.33. The van der Waals surface area contributed by atoms with E-state index in [2.05, 4.69) is 21.2 Å². The lowest BCUT2D eigenvalue weighted by Gasteiger charge is -2.22. The number of likely N-dealkylation sites (N-methyl/N-ethyl adjacent to an activating group) is 1. The van der Waals surface area contributed by atoms with Crippen LogP contribution in [0.2, 0.25) is 0 Å². The van der Waals surface area contributed by atoms with E-state index in [1.54, 1.807) is 24.3 Å². The summed E-state index contributed by atoms with van der Waals surface area (Å²) in [7, 11) is -1.65. The van der Waals surface area contributed by atoms with Crippen LogP contribution in [0.4, 0.5) is 5.69 Å². The summed E-state index contributed by atoms with van der Waals surface area (Å²) in [5.41, 5.74) is 0.489. The number of benzene rings is 1. The van der Waals surface area contributed by atoms with E-state index in [4.69, 9.17) is 0 Å². The number of hydrogen-bond acceptors (Lipinski definition) is 4. The van der Waals surface area contributed by atoms with E-state index < -0.39 is 27.7 Å². The first-order valence-corrected chi connectivity index (χ1v) is 8.95. The third-order valence-electron chi connectivity index (χ3n) is 3.39. The summed E-state index contributed by atoms with van der Waals surface area (Å²) >= 11 is 3.27. The number of amides is 2. The normalized spacial score (nSPS) is 20.0. The molecule has 1 aliphatic heterocycles. The van der Waals surface area contributed by atoms with Crippen LogP contribution in [0.15, 0.2) is 28.7 Å². The Hall–Kier alpha value is -1.41. The SMILES string of the molecule is CN(C(=O)C(=O)Nc1ccccc1Br)C1CCS(=O)(=O)C1. The fourth-order valence-corrected chi connectivity index (χ4v) is 4.30. The van der Waals surface area contributed by atoms with E-state index in [0.29, 0.717) is 16.6 Å². The number of carbonyl (C=O) groups is 2. The van der Waals surface area contributed by atoms with Crippen LogP contribution in [-0.2, 0) is 19.4 Å². The monoisotopic (exact) mass is 374 g/mol. The molecule has 1 fully saturated rings. The molecule has 1 aromatic rings. The summed E-state index contributed by atoms with van der Waals surface area (Å²) in [6.45, 7) is 0. The van der Waals surface area contributed by atoms with Gasteiger partial charge < -0.3 is 10.2 Å². The van der Waals surface area contributed by atoms with Crippen LogP contribution in [-0.4, -0.2) is 49.7 Å². The first-order chi connectivity index (χ1) is 9.80. The van der Waals surface area contributed by atoms with Gasteiger partial charge in [-0.25, -0.2) is 8.42 Å². The lowest BCUT2D eigenvalue weighted by Crippen LogP contribution is -2.43. The highest BCUT2D eigenvalue weighted by Gasteiger charge is 2.34. The van der Waals surface area contributed by atoms with Gasteiger partial charge >= 0.3 is 11.8 Å². The molecule has 8 heteroatoms. The summed E-state index contributed by atoms with van der Waals surface area (Å²) in [5, 5.41) is 2.51. The molecular formula is C13H15BrN2O4S. The lowest BCUT2D eigenvalue weighted by atomic mass is 10.2. The Kier molecular flexibility index (Phi) is 4.67. The van der Waals surface area contributed by atoms with Crippen LogP contribution in [0.25, 0.3) is 0 Å². The van der Waals surface area contributed by atoms with Gasteiger partial charge in [0.2, 0.25) is 0 Å². The largest absolute Gasteiger partial charge is 0.333 e. The highest BCUT2D eigenvalue weighted by atomic mass is 79.9. The van der Waals surface area contributed by atoms with Gasteiger partial charge in [0.25, 0.3) is 0 Å². The Bertz CT molecular complexity index is 675. The number of rotatable bonds is 2. The van der Waals surface area contributed by atoms with Gasteiger partial charge in [0, 0.05) is 17.6 Å². The summed E-state index contributed by atoms with van der Waals surface area (Å²) in [6, 6.07) is 6.49. The molecule has 1 atom stereocenters. The molecule has 0 bridgehead atoms. The Balaban J connectivity index is 2.03. The minimum Gasteiger partial charge on any atom is -0.333 e. The molecule has 1 aromatic carbocycles. The molecule has 0 aromatic heterocycles. The van der Waals surface area contributed by atoms with Gasteiger partial charge in [-0.05, 0) is 34.5 Å². The van der Waals surface area contributed by atoms with Crippen LogP contribution in [0, 0.1) is 0 Å². The third-order valence-corrected chi connectivity index (χ3v) is 5.83. The van der Waals surface area contributed by atoms with Crippen LogP contribution in [0.3, 0.4) is 0 Å². The molecule has 2 amide bonds. The van der Waals surface area contributed by atoms with Crippen molar-refractivity contribution in [1.82, 2.24) is 4.90 Å². The van der Waals surface area contributed by atoms with Gasteiger partial charge in [-0.15, -0.1) is 0 Å². The van der Waals surface area contributed by atoms with Crippen LogP contribution < -0.4 is 5.32 Å². The molecule has 2 rings (SSSR count). The summed E-state index contributed by atoms with van der Waals surface area (Å²) in [4.78, 5) is 25.2. The number of anilines is 1. The van der Waals surface area contributed by atoms with E-state index in [0.717, 1.165) is 0 Å². The second-order valence-corrected chi connectivity index (χ2v) is 7.99. The van der Waals surface area contributed by atoms with Gasteiger partial charge in [-0.2, -0.15) is 0 Å². The first kappa shape index (κ1) is 16.0. The standard InChI is InChI=1S/C13H15BrN2O4S/c1-16(9-6-7-21(19,20)8-9)13(18)12(17)15-11-5-3-2-4-10(11)14/h2-5,9H,6-8H2,1H3,(H,15,17). The van der Waals surface area contributed by atoms with E-state index >= 15 is 0 Å². The van der Waals surface area contributed by atoms with Crippen molar-refractivity contribution in [1.29, 1.82) is 0 Å². The van der Waals surface area contributed by atoms with Crippen molar-refractivity contribution >= 4 is 43.3 Å². The molecule has 6 nitrogen and oxygen atoms in total. The third kappa shape index (κ3) is 3.82. The lowest BCUT2D eigenvalue weighted by molar-refractivity contribution is -0.143. The van der Waals surface area contributed by atoms with Gasteiger partial charge in [0.15, 0.2) is 9.84 Å². The van der Waals surface area contributed by atoms with Gasteiger partial charge in [0.1, 0.15) is 0 Å². The van der Waals surface area contributed by atoms with Crippen molar-refractivity contribution < 1.29 is 18.0 Å². The van der Waals surface area contributed by atoms with Crippen molar-refractivity contribution in [2.75, 3.05) is 23.9 Å². The van der Waals surface area contributed by atoms with Crippen molar-refractivity contribution in [3.63, 3.8) is 0 Å². The maximum absolute atomic E-state index is 12.1. The Morgan fingerprint density at radius 2 is 2.00 bits per heavy atom. The predicted octanol–water partition coefficient (Wildman–Crippen LogP) is 1.03. The Labute approximate surface area is 131 Å². The average Bonchev–Trinajstić information content (AvgIpc) is 2.80. The fraction of sp³-hybridized carbons (Fsp3) is 0.385. The highest BCUT2D eigenvalue weighted by Crippen LogP contribution is 2.21. The smallest absolute Gasteiger partial charge is 0.313 e. The molecule has 1 N–H and O–H groups in total. The predicted molar refractivity (Wildman–Crippen MR) is 82.6 cm³/mol. The number of carbonyl (C=O) groups excluding carboxylic acids is 2. The summed E-state index contributed by atoms with van der Waals surface area (Å²) in [6.07, 6.45) is 0.368. The van der Waals surface area contributed by atoms with Crippen molar-refractivity contribution in [3.8, 4) is 0 Å². The van der Waals surface area contributed by atoms with Crippen LogP contribution in [0.1, 0.15) is 6.42 Å². The molecule has 1 heterocycles. The average molecular weight is 375 g/mol. The van der Waals surface area contributed by atoms with Gasteiger partial charge in [-0.1, -0.05) is 12.1 Å². The number of sulfone groups is 1. The van der Waals surface area contributed by atoms with Crippen LogP contribution in [0.5, 0.6) is 0 Å². The molecule has 0 saturated carbocycles. The molecule has 0 aliphatic carbocycles. The highest BCUT2D eigenvalue weighted by molar-refractivity contribution is 9.10.